The number of likely N-dealkylation sites (N-methyl/N-ethyl adjacent to an activating group) is 1. The fourth-order valence-electron chi connectivity index (χ4n) is 3.20. The molecule has 134 valence electrons. The Morgan fingerprint density at radius 1 is 1.38 bits per heavy atom. The van der Waals surface area contributed by atoms with Crippen molar-refractivity contribution in [2.75, 3.05) is 26.8 Å². The summed E-state index contributed by atoms with van der Waals surface area (Å²) >= 11 is 0. The first kappa shape index (κ1) is 18.7. The van der Waals surface area contributed by atoms with Crippen LogP contribution in [-0.2, 0) is 9.53 Å². The highest BCUT2D eigenvalue weighted by Crippen LogP contribution is 2.33. The standard InChI is InChI=1S/C17H23F3N2O2/c1-4-22-6-5-14(21-17(23)10(2)9-24-3)16(22)11-7-12(18)15(20)13(19)8-11/h7-8,10,14,16H,4-6,9H2,1-3H3,(H,21,23)/t10-,14+,16+/m1/s1. The molecule has 1 saturated heterocycles. The summed E-state index contributed by atoms with van der Waals surface area (Å²) in [7, 11) is 1.52. The number of halogens is 3. The molecule has 0 unspecified atom stereocenters. The number of carbonyl (C=O) groups is 1. The molecular weight excluding hydrogens is 321 g/mol. The Morgan fingerprint density at radius 2 is 2.00 bits per heavy atom. The summed E-state index contributed by atoms with van der Waals surface area (Å²) in [6.45, 7) is 5.32. The highest BCUT2D eigenvalue weighted by Gasteiger charge is 2.36. The van der Waals surface area contributed by atoms with Crippen LogP contribution in [0.15, 0.2) is 12.1 Å². The van der Waals surface area contributed by atoms with E-state index in [9.17, 15) is 18.0 Å². The Hall–Kier alpha value is -1.60. The zero-order valence-electron chi connectivity index (χ0n) is 14.1. The number of hydrogen-bond donors (Lipinski definition) is 1. The molecule has 1 heterocycles. The van der Waals surface area contributed by atoms with E-state index >= 15 is 0 Å². The van der Waals surface area contributed by atoms with Gasteiger partial charge in [-0.15, -0.1) is 0 Å². The molecule has 7 heteroatoms. The zero-order valence-corrected chi connectivity index (χ0v) is 14.1. The second kappa shape index (κ2) is 7.98. The molecule has 3 atom stereocenters. The van der Waals surface area contributed by atoms with Crippen molar-refractivity contribution >= 4 is 5.91 Å². The lowest BCUT2D eigenvalue weighted by Gasteiger charge is -2.29. The molecule has 0 aliphatic carbocycles. The van der Waals surface area contributed by atoms with Crippen molar-refractivity contribution < 1.29 is 22.7 Å². The van der Waals surface area contributed by atoms with Crippen LogP contribution in [0, 0.1) is 23.4 Å². The van der Waals surface area contributed by atoms with E-state index in [-0.39, 0.29) is 17.9 Å². The molecule has 1 aromatic rings. The maximum atomic E-state index is 13.6. The highest BCUT2D eigenvalue weighted by molar-refractivity contribution is 5.78. The number of nitrogens with zero attached hydrogens (tertiary/aromatic N) is 1. The van der Waals surface area contributed by atoms with Crippen LogP contribution in [0.1, 0.15) is 31.9 Å². The van der Waals surface area contributed by atoms with Crippen LogP contribution in [0.3, 0.4) is 0 Å². The average Bonchev–Trinajstić information content (AvgIpc) is 2.94. The molecule has 4 nitrogen and oxygen atoms in total. The van der Waals surface area contributed by atoms with Gasteiger partial charge in [0.1, 0.15) is 0 Å². The molecular formula is C17H23F3N2O2. The fourth-order valence-corrected chi connectivity index (χ4v) is 3.20. The van der Waals surface area contributed by atoms with E-state index in [1.807, 2.05) is 11.8 Å². The van der Waals surface area contributed by atoms with Crippen LogP contribution >= 0.6 is 0 Å². The van der Waals surface area contributed by atoms with E-state index in [2.05, 4.69) is 5.32 Å². The Morgan fingerprint density at radius 3 is 2.54 bits per heavy atom. The summed E-state index contributed by atoms with van der Waals surface area (Å²) in [5.74, 6) is -4.41. The average molecular weight is 344 g/mol. The largest absolute Gasteiger partial charge is 0.384 e. The molecule has 0 aromatic heterocycles. The molecule has 1 aliphatic rings. The lowest BCUT2D eigenvalue weighted by atomic mass is 9.98. The van der Waals surface area contributed by atoms with E-state index < -0.39 is 23.5 Å². The fraction of sp³-hybridized carbons (Fsp3) is 0.588. The van der Waals surface area contributed by atoms with Crippen LogP contribution in [0.2, 0.25) is 0 Å². The third-order valence-corrected chi connectivity index (χ3v) is 4.45. The molecule has 1 amide bonds. The van der Waals surface area contributed by atoms with Crippen molar-refractivity contribution in [3.8, 4) is 0 Å². The van der Waals surface area contributed by atoms with Crippen molar-refractivity contribution in [1.82, 2.24) is 10.2 Å². The summed E-state index contributed by atoms with van der Waals surface area (Å²) in [5.41, 5.74) is 0.329. The van der Waals surface area contributed by atoms with E-state index in [0.717, 1.165) is 12.1 Å². The topological polar surface area (TPSA) is 41.6 Å². The van der Waals surface area contributed by atoms with Gasteiger partial charge < -0.3 is 10.1 Å². The summed E-state index contributed by atoms with van der Waals surface area (Å²) in [4.78, 5) is 14.2. The maximum Gasteiger partial charge on any atom is 0.225 e. The van der Waals surface area contributed by atoms with Gasteiger partial charge in [-0.25, -0.2) is 13.2 Å². The summed E-state index contributed by atoms with van der Waals surface area (Å²) in [6.07, 6.45) is 0.657. The van der Waals surface area contributed by atoms with Crippen molar-refractivity contribution in [2.24, 2.45) is 5.92 Å². The molecule has 1 N–H and O–H groups in total. The Balaban J connectivity index is 2.24. The van der Waals surface area contributed by atoms with E-state index in [0.29, 0.717) is 31.7 Å². The lowest BCUT2D eigenvalue weighted by molar-refractivity contribution is -0.126. The quantitative estimate of drug-likeness (QED) is 0.807. The van der Waals surface area contributed by atoms with Crippen molar-refractivity contribution in [3.05, 3.63) is 35.1 Å². The second-order valence-electron chi connectivity index (χ2n) is 6.13. The molecule has 0 spiro atoms. The summed E-state index contributed by atoms with van der Waals surface area (Å²) in [6, 6.07) is 1.34. The normalized spacial score (nSPS) is 22.6. The molecule has 0 saturated carbocycles. The minimum absolute atomic E-state index is 0.173. The van der Waals surface area contributed by atoms with Gasteiger partial charge >= 0.3 is 0 Å². The number of likely N-dealkylation sites (tertiary alicyclic amines) is 1. The predicted molar refractivity (Wildman–Crippen MR) is 83.9 cm³/mol. The van der Waals surface area contributed by atoms with Gasteiger partial charge in [-0.05, 0) is 30.7 Å². The van der Waals surface area contributed by atoms with Gasteiger partial charge in [0.05, 0.1) is 18.6 Å². The lowest BCUT2D eigenvalue weighted by Crippen LogP contribution is -2.42. The van der Waals surface area contributed by atoms with Crippen LogP contribution in [0.5, 0.6) is 0 Å². The highest BCUT2D eigenvalue weighted by atomic mass is 19.2. The van der Waals surface area contributed by atoms with Crippen LogP contribution in [0.25, 0.3) is 0 Å². The molecule has 0 bridgehead atoms. The number of hydrogen-bond acceptors (Lipinski definition) is 3. The van der Waals surface area contributed by atoms with Gasteiger partial charge in [0.15, 0.2) is 17.5 Å². The molecule has 1 aliphatic heterocycles. The first-order valence-electron chi connectivity index (χ1n) is 8.06. The number of ether oxygens (including phenoxy) is 1. The van der Waals surface area contributed by atoms with Crippen LogP contribution in [0.4, 0.5) is 13.2 Å². The van der Waals surface area contributed by atoms with E-state index in [1.165, 1.54) is 7.11 Å². The summed E-state index contributed by atoms with van der Waals surface area (Å²) < 4.78 is 45.4. The summed E-state index contributed by atoms with van der Waals surface area (Å²) in [5, 5.41) is 2.93. The van der Waals surface area contributed by atoms with Crippen molar-refractivity contribution in [2.45, 2.75) is 32.4 Å². The van der Waals surface area contributed by atoms with Crippen LogP contribution in [-0.4, -0.2) is 43.7 Å². The number of methoxy groups -OCH3 is 1. The monoisotopic (exact) mass is 344 g/mol. The first-order chi connectivity index (χ1) is 11.4. The number of carbonyl (C=O) groups excluding carboxylic acids is 1. The predicted octanol–water partition coefficient (Wildman–Crippen LogP) is 2.64. The van der Waals surface area contributed by atoms with Gasteiger partial charge in [-0.1, -0.05) is 13.8 Å². The number of rotatable bonds is 6. The Kier molecular flexibility index (Phi) is 6.23. The SMILES string of the molecule is CCN1CC[C@H](NC(=O)[C@H](C)COC)[C@@H]1c1cc(F)c(F)c(F)c1. The van der Waals surface area contributed by atoms with Crippen molar-refractivity contribution in [1.29, 1.82) is 0 Å². The molecule has 0 radical (unpaired) electrons. The van der Waals surface area contributed by atoms with E-state index in [4.69, 9.17) is 4.74 Å². The number of nitrogens with one attached hydrogen (secondary N) is 1. The molecule has 2 rings (SSSR count). The molecule has 1 fully saturated rings. The van der Waals surface area contributed by atoms with Crippen LogP contribution < -0.4 is 5.32 Å². The van der Waals surface area contributed by atoms with Crippen molar-refractivity contribution in [3.63, 3.8) is 0 Å². The maximum absolute atomic E-state index is 13.6. The Labute approximate surface area is 140 Å². The third-order valence-electron chi connectivity index (χ3n) is 4.45. The van der Waals surface area contributed by atoms with Gasteiger partial charge in [0, 0.05) is 19.7 Å². The van der Waals surface area contributed by atoms with Gasteiger partial charge in [-0.2, -0.15) is 0 Å². The van der Waals surface area contributed by atoms with Gasteiger partial charge in [-0.3, -0.25) is 9.69 Å². The van der Waals surface area contributed by atoms with Gasteiger partial charge in [0.2, 0.25) is 5.91 Å². The minimum atomic E-state index is -1.48. The molecule has 1 aromatic carbocycles. The Bertz CT molecular complexity index is 574. The smallest absolute Gasteiger partial charge is 0.225 e. The third kappa shape index (κ3) is 3.89. The minimum Gasteiger partial charge on any atom is -0.384 e. The zero-order chi connectivity index (χ0) is 17.9. The first-order valence-corrected chi connectivity index (χ1v) is 8.06. The second-order valence-corrected chi connectivity index (χ2v) is 6.13. The van der Waals surface area contributed by atoms with E-state index in [1.54, 1.807) is 6.92 Å². The number of amides is 1. The van der Waals surface area contributed by atoms with Gasteiger partial charge in [0.25, 0.3) is 0 Å². The number of benzene rings is 1. The molecule has 24 heavy (non-hydrogen) atoms.